The number of carbonyl (C=O) groups is 1. The SMILES string of the molecule is C[C@@H](O)c1cc(-c2cn(C)c(=O)c3[nH]ccc23)c2c(c1)N(C)C(=O)C(C)(C)O2. The second kappa shape index (κ2) is 5.97. The molecule has 0 unspecified atom stereocenters. The highest BCUT2D eigenvalue weighted by Crippen LogP contribution is 2.46. The van der Waals surface area contributed by atoms with Crippen LogP contribution in [0.15, 0.2) is 35.4 Å². The van der Waals surface area contributed by atoms with Crippen LogP contribution in [0, 0.1) is 0 Å². The number of aliphatic hydroxyl groups excluding tert-OH is 1. The molecule has 146 valence electrons. The first-order valence-electron chi connectivity index (χ1n) is 9.12. The minimum Gasteiger partial charge on any atom is -0.475 e. The van der Waals surface area contributed by atoms with E-state index in [4.69, 9.17) is 4.74 Å². The number of carbonyl (C=O) groups excluding carboxylic acids is 1. The van der Waals surface area contributed by atoms with E-state index in [1.165, 1.54) is 4.57 Å². The summed E-state index contributed by atoms with van der Waals surface area (Å²) in [7, 11) is 3.39. The van der Waals surface area contributed by atoms with E-state index in [1.807, 2.05) is 12.1 Å². The minimum atomic E-state index is -1.03. The Hall–Kier alpha value is -3.06. The van der Waals surface area contributed by atoms with E-state index in [0.717, 1.165) is 16.5 Å². The van der Waals surface area contributed by atoms with E-state index in [0.29, 0.717) is 22.5 Å². The molecule has 0 saturated heterocycles. The summed E-state index contributed by atoms with van der Waals surface area (Å²) in [6.45, 7) is 5.13. The molecule has 2 N–H and O–H groups in total. The molecule has 1 aromatic carbocycles. The van der Waals surface area contributed by atoms with Crippen molar-refractivity contribution in [3.8, 4) is 16.9 Å². The number of fused-ring (bicyclic) bond motifs is 2. The number of benzene rings is 1. The van der Waals surface area contributed by atoms with Crippen molar-refractivity contribution in [2.24, 2.45) is 7.05 Å². The normalized spacial score (nSPS) is 16.8. The number of ether oxygens (including phenoxy) is 1. The summed E-state index contributed by atoms with van der Waals surface area (Å²) < 4.78 is 7.66. The Balaban J connectivity index is 2.10. The largest absolute Gasteiger partial charge is 0.475 e. The van der Waals surface area contributed by atoms with Crippen LogP contribution in [0.25, 0.3) is 22.0 Å². The number of nitrogens with one attached hydrogen (secondary N) is 1. The van der Waals surface area contributed by atoms with Crippen molar-refractivity contribution < 1.29 is 14.6 Å². The van der Waals surface area contributed by atoms with Crippen molar-refractivity contribution in [2.75, 3.05) is 11.9 Å². The number of nitrogens with zero attached hydrogens (tertiary/aromatic N) is 2. The third-order valence-electron chi connectivity index (χ3n) is 5.30. The molecule has 2 aromatic heterocycles. The summed E-state index contributed by atoms with van der Waals surface area (Å²) in [5, 5.41) is 11.0. The van der Waals surface area contributed by atoms with Crippen molar-refractivity contribution in [3.05, 3.63) is 46.5 Å². The standard InChI is InChI=1S/C21H23N3O4/c1-11(25)12-8-14(15-10-23(4)19(26)17-13(15)6-7-22-17)18-16(9-12)24(5)20(27)21(2,3)28-18/h6-11,22,25H,1-5H3/t11-/m1/s1. The number of pyridine rings is 1. The fourth-order valence-electron chi connectivity index (χ4n) is 3.73. The monoisotopic (exact) mass is 381 g/mol. The zero-order valence-electron chi connectivity index (χ0n) is 16.5. The topological polar surface area (TPSA) is 87.6 Å². The fourth-order valence-corrected chi connectivity index (χ4v) is 3.73. The quantitative estimate of drug-likeness (QED) is 0.715. The van der Waals surface area contributed by atoms with Crippen LogP contribution >= 0.6 is 0 Å². The van der Waals surface area contributed by atoms with Crippen LogP contribution in [0.2, 0.25) is 0 Å². The molecule has 4 rings (SSSR count). The molecule has 7 nitrogen and oxygen atoms in total. The van der Waals surface area contributed by atoms with Crippen LogP contribution < -0.4 is 15.2 Å². The number of rotatable bonds is 2. The summed E-state index contributed by atoms with van der Waals surface area (Å²) in [4.78, 5) is 29.7. The highest BCUT2D eigenvalue weighted by molar-refractivity contribution is 6.05. The Bertz CT molecular complexity index is 1170. The van der Waals surface area contributed by atoms with Gasteiger partial charge in [0.05, 0.1) is 11.8 Å². The number of aliphatic hydroxyl groups is 1. The van der Waals surface area contributed by atoms with Crippen molar-refractivity contribution in [1.82, 2.24) is 9.55 Å². The third kappa shape index (κ3) is 2.54. The maximum absolute atomic E-state index is 12.7. The van der Waals surface area contributed by atoms with Crippen LogP contribution in [-0.2, 0) is 11.8 Å². The molecule has 28 heavy (non-hydrogen) atoms. The van der Waals surface area contributed by atoms with E-state index in [-0.39, 0.29) is 11.5 Å². The van der Waals surface area contributed by atoms with Gasteiger partial charge in [-0.1, -0.05) is 0 Å². The van der Waals surface area contributed by atoms with Gasteiger partial charge >= 0.3 is 0 Å². The third-order valence-corrected chi connectivity index (χ3v) is 5.30. The molecular formula is C21H23N3O4. The smallest absolute Gasteiger partial charge is 0.274 e. The van der Waals surface area contributed by atoms with Gasteiger partial charge in [0, 0.05) is 43.0 Å². The van der Waals surface area contributed by atoms with E-state index < -0.39 is 11.7 Å². The highest BCUT2D eigenvalue weighted by Gasteiger charge is 2.41. The first-order valence-corrected chi connectivity index (χ1v) is 9.12. The minimum absolute atomic E-state index is 0.127. The second-order valence-electron chi connectivity index (χ2n) is 7.79. The first-order chi connectivity index (χ1) is 13.1. The van der Waals surface area contributed by atoms with Gasteiger partial charge in [-0.15, -0.1) is 0 Å². The van der Waals surface area contributed by atoms with Crippen LogP contribution in [0.5, 0.6) is 5.75 Å². The number of hydrogen-bond donors (Lipinski definition) is 2. The van der Waals surface area contributed by atoms with Gasteiger partial charge < -0.3 is 24.3 Å². The van der Waals surface area contributed by atoms with Gasteiger partial charge in [-0.2, -0.15) is 0 Å². The molecule has 0 bridgehead atoms. The average Bonchev–Trinajstić information content (AvgIpc) is 3.12. The molecule has 3 aromatic rings. The van der Waals surface area contributed by atoms with E-state index >= 15 is 0 Å². The number of hydrogen-bond acceptors (Lipinski definition) is 4. The lowest BCUT2D eigenvalue weighted by Gasteiger charge is -2.38. The summed E-state index contributed by atoms with van der Waals surface area (Å²) in [5.74, 6) is 0.388. The molecular weight excluding hydrogens is 358 g/mol. The highest BCUT2D eigenvalue weighted by atomic mass is 16.5. The van der Waals surface area contributed by atoms with Gasteiger partial charge in [0.15, 0.2) is 11.4 Å². The Morgan fingerprint density at radius 2 is 1.89 bits per heavy atom. The Morgan fingerprint density at radius 1 is 1.18 bits per heavy atom. The van der Waals surface area contributed by atoms with Crippen molar-refractivity contribution >= 4 is 22.5 Å². The molecule has 0 spiro atoms. The fraction of sp³-hybridized carbons (Fsp3) is 0.333. The molecule has 1 aliphatic rings. The van der Waals surface area contributed by atoms with E-state index in [2.05, 4.69) is 4.98 Å². The zero-order chi connectivity index (χ0) is 20.4. The van der Waals surface area contributed by atoms with Crippen LogP contribution in [0.1, 0.15) is 32.4 Å². The number of aromatic nitrogens is 2. The number of amides is 1. The Labute approximate surface area is 162 Å². The van der Waals surface area contributed by atoms with Crippen LogP contribution in [0.4, 0.5) is 5.69 Å². The number of aryl methyl sites for hydroxylation is 1. The van der Waals surface area contributed by atoms with E-state index in [9.17, 15) is 14.7 Å². The van der Waals surface area contributed by atoms with Crippen LogP contribution in [0.3, 0.4) is 0 Å². The Morgan fingerprint density at radius 3 is 2.57 bits per heavy atom. The summed E-state index contributed by atoms with van der Waals surface area (Å²) in [6.07, 6.45) is 2.75. The molecule has 0 saturated carbocycles. The molecule has 7 heteroatoms. The molecule has 0 radical (unpaired) electrons. The van der Waals surface area contributed by atoms with Crippen molar-refractivity contribution in [1.29, 1.82) is 0 Å². The number of anilines is 1. The number of likely N-dealkylation sites (N-methyl/N-ethyl adjacent to an activating group) is 1. The van der Waals surface area contributed by atoms with Gasteiger partial charge in [-0.3, -0.25) is 9.59 Å². The predicted octanol–water partition coefficient (Wildman–Crippen LogP) is 2.72. The summed E-state index contributed by atoms with van der Waals surface area (Å²) >= 11 is 0. The maximum atomic E-state index is 12.7. The lowest BCUT2D eigenvalue weighted by Crippen LogP contribution is -2.51. The maximum Gasteiger partial charge on any atom is 0.274 e. The molecule has 1 aliphatic heterocycles. The summed E-state index contributed by atoms with van der Waals surface area (Å²) in [6, 6.07) is 5.47. The van der Waals surface area contributed by atoms with Crippen molar-refractivity contribution in [3.63, 3.8) is 0 Å². The van der Waals surface area contributed by atoms with Gasteiger partial charge in [0.1, 0.15) is 5.52 Å². The van der Waals surface area contributed by atoms with Gasteiger partial charge in [0.2, 0.25) is 0 Å². The Kier molecular flexibility index (Phi) is 3.90. The number of aromatic amines is 1. The lowest BCUT2D eigenvalue weighted by molar-refractivity contribution is -0.132. The van der Waals surface area contributed by atoms with Gasteiger partial charge in [-0.25, -0.2) is 0 Å². The lowest BCUT2D eigenvalue weighted by atomic mass is 9.94. The van der Waals surface area contributed by atoms with Gasteiger partial charge in [-0.05, 0) is 44.5 Å². The zero-order valence-corrected chi connectivity index (χ0v) is 16.5. The predicted molar refractivity (Wildman–Crippen MR) is 108 cm³/mol. The molecule has 3 heterocycles. The number of H-pyrrole nitrogens is 1. The van der Waals surface area contributed by atoms with E-state index in [1.54, 1.807) is 58.2 Å². The molecule has 0 aliphatic carbocycles. The van der Waals surface area contributed by atoms with Crippen LogP contribution in [-0.4, -0.2) is 33.2 Å². The second-order valence-corrected chi connectivity index (χ2v) is 7.79. The molecule has 1 amide bonds. The summed E-state index contributed by atoms with van der Waals surface area (Å²) in [5.41, 5.74) is 2.11. The molecule has 1 atom stereocenters. The van der Waals surface area contributed by atoms with Crippen molar-refractivity contribution in [2.45, 2.75) is 32.5 Å². The molecule has 0 fully saturated rings. The average molecular weight is 381 g/mol. The first kappa shape index (κ1) is 18.3. The van der Waals surface area contributed by atoms with Gasteiger partial charge in [0.25, 0.3) is 11.5 Å².